The predicted octanol–water partition coefficient (Wildman–Crippen LogP) is 3.19. The van der Waals surface area contributed by atoms with Crippen molar-refractivity contribution in [1.29, 1.82) is 0 Å². The van der Waals surface area contributed by atoms with Crippen LogP contribution in [0.1, 0.15) is 0 Å². The van der Waals surface area contributed by atoms with Gasteiger partial charge < -0.3 is 0 Å². The van der Waals surface area contributed by atoms with Crippen LogP contribution in [0.4, 0.5) is 5.13 Å². The monoisotopic (exact) mass is 304 g/mol. The van der Waals surface area contributed by atoms with Crippen molar-refractivity contribution in [2.45, 2.75) is 0 Å². The van der Waals surface area contributed by atoms with Crippen molar-refractivity contribution < 1.29 is 0 Å². The smallest absolute Gasteiger partial charge is 0.222 e. The van der Waals surface area contributed by atoms with Gasteiger partial charge in [0.25, 0.3) is 0 Å². The van der Waals surface area contributed by atoms with Gasteiger partial charge >= 0.3 is 0 Å². The SMILES string of the molecule is CN(C)N(C)c1nnc(-c2ccccc2Cl)s1.Cl. The van der Waals surface area contributed by atoms with Crippen LogP contribution in [0, 0.1) is 0 Å². The largest absolute Gasteiger partial charge is 0.283 e. The molecule has 2 aromatic rings. The molecule has 0 fully saturated rings. The summed E-state index contributed by atoms with van der Waals surface area (Å²) in [4.78, 5) is 0. The Labute approximate surface area is 122 Å². The van der Waals surface area contributed by atoms with Gasteiger partial charge in [-0.1, -0.05) is 41.1 Å². The van der Waals surface area contributed by atoms with E-state index >= 15 is 0 Å². The zero-order chi connectivity index (χ0) is 12.4. The Morgan fingerprint density at radius 3 is 2.39 bits per heavy atom. The van der Waals surface area contributed by atoms with Gasteiger partial charge in [0.2, 0.25) is 5.13 Å². The number of benzene rings is 1. The molecule has 2 rings (SSSR count). The fourth-order valence-corrected chi connectivity index (χ4v) is 2.46. The van der Waals surface area contributed by atoms with Crippen molar-refractivity contribution in [3.05, 3.63) is 29.3 Å². The Morgan fingerprint density at radius 1 is 1.11 bits per heavy atom. The average molecular weight is 305 g/mol. The number of halogens is 2. The highest BCUT2D eigenvalue weighted by Crippen LogP contribution is 2.32. The van der Waals surface area contributed by atoms with E-state index in [0.717, 1.165) is 15.7 Å². The number of nitrogens with zero attached hydrogens (tertiary/aromatic N) is 4. The highest BCUT2D eigenvalue weighted by atomic mass is 35.5. The zero-order valence-corrected chi connectivity index (χ0v) is 12.7. The molecule has 0 N–H and O–H groups in total. The molecule has 0 aliphatic rings. The number of hydrogen-bond donors (Lipinski definition) is 0. The lowest BCUT2D eigenvalue weighted by Crippen LogP contribution is -2.32. The van der Waals surface area contributed by atoms with Gasteiger partial charge in [-0.15, -0.1) is 22.6 Å². The van der Waals surface area contributed by atoms with E-state index in [1.807, 2.05) is 55.4 Å². The van der Waals surface area contributed by atoms with E-state index in [1.165, 1.54) is 11.3 Å². The Morgan fingerprint density at radius 2 is 1.78 bits per heavy atom. The summed E-state index contributed by atoms with van der Waals surface area (Å²) in [6.07, 6.45) is 0. The number of hydrogen-bond acceptors (Lipinski definition) is 5. The molecule has 18 heavy (non-hydrogen) atoms. The van der Waals surface area contributed by atoms with Gasteiger partial charge in [0.15, 0.2) is 5.01 Å². The maximum atomic E-state index is 6.13. The molecule has 0 spiro atoms. The molecule has 1 aromatic carbocycles. The van der Waals surface area contributed by atoms with Gasteiger partial charge in [0.05, 0.1) is 5.02 Å². The fraction of sp³-hybridized carbons (Fsp3) is 0.273. The molecular weight excluding hydrogens is 291 g/mol. The van der Waals surface area contributed by atoms with Gasteiger partial charge in [0.1, 0.15) is 0 Å². The van der Waals surface area contributed by atoms with Gasteiger partial charge in [-0.05, 0) is 6.07 Å². The third kappa shape index (κ3) is 3.11. The van der Waals surface area contributed by atoms with E-state index in [0.29, 0.717) is 5.02 Å². The van der Waals surface area contributed by atoms with Crippen LogP contribution in [0.2, 0.25) is 5.02 Å². The third-order valence-electron chi connectivity index (χ3n) is 2.40. The van der Waals surface area contributed by atoms with Gasteiger partial charge in [-0.2, -0.15) is 0 Å². The number of hydrazine groups is 1. The first kappa shape index (κ1) is 15.2. The van der Waals surface area contributed by atoms with Crippen LogP contribution < -0.4 is 5.01 Å². The minimum atomic E-state index is 0. The van der Waals surface area contributed by atoms with Crippen LogP contribution in [-0.2, 0) is 0 Å². The molecule has 1 aromatic heterocycles. The second-order valence-electron chi connectivity index (χ2n) is 3.74. The van der Waals surface area contributed by atoms with Crippen LogP contribution in [-0.4, -0.2) is 36.3 Å². The average Bonchev–Trinajstić information content (AvgIpc) is 2.77. The van der Waals surface area contributed by atoms with Crippen molar-refractivity contribution in [3.63, 3.8) is 0 Å². The van der Waals surface area contributed by atoms with E-state index < -0.39 is 0 Å². The lowest BCUT2D eigenvalue weighted by Gasteiger charge is -2.22. The van der Waals surface area contributed by atoms with Gasteiger partial charge in [-0.3, -0.25) is 5.01 Å². The molecule has 0 aliphatic carbocycles. The van der Waals surface area contributed by atoms with Crippen molar-refractivity contribution in [1.82, 2.24) is 15.2 Å². The van der Waals surface area contributed by atoms with Gasteiger partial charge in [0, 0.05) is 26.7 Å². The lowest BCUT2D eigenvalue weighted by molar-refractivity contribution is 0.396. The molecular formula is C11H14Cl2N4S. The zero-order valence-electron chi connectivity index (χ0n) is 10.3. The maximum absolute atomic E-state index is 6.13. The van der Waals surface area contributed by atoms with E-state index in [4.69, 9.17) is 11.6 Å². The van der Waals surface area contributed by atoms with Crippen LogP contribution in [0.5, 0.6) is 0 Å². The van der Waals surface area contributed by atoms with E-state index in [2.05, 4.69) is 10.2 Å². The molecule has 0 radical (unpaired) electrons. The molecule has 1 heterocycles. The van der Waals surface area contributed by atoms with Crippen molar-refractivity contribution in [3.8, 4) is 10.6 Å². The molecule has 0 aliphatic heterocycles. The van der Waals surface area contributed by atoms with Crippen LogP contribution in [0.25, 0.3) is 10.6 Å². The first-order valence-corrected chi connectivity index (χ1v) is 6.28. The van der Waals surface area contributed by atoms with E-state index in [1.54, 1.807) is 0 Å². The topological polar surface area (TPSA) is 32.3 Å². The molecule has 7 heteroatoms. The molecule has 0 unspecified atom stereocenters. The minimum Gasteiger partial charge on any atom is -0.283 e. The first-order valence-electron chi connectivity index (χ1n) is 5.09. The Bertz CT molecular complexity index is 515. The maximum Gasteiger partial charge on any atom is 0.222 e. The van der Waals surface area contributed by atoms with E-state index in [-0.39, 0.29) is 12.4 Å². The van der Waals surface area contributed by atoms with Crippen molar-refractivity contribution in [2.24, 2.45) is 0 Å². The van der Waals surface area contributed by atoms with Crippen LogP contribution in [0.3, 0.4) is 0 Å². The Kier molecular flexibility index (Phi) is 5.34. The van der Waals surface area contributed by atoms with Crippen LogP contribution >= 0.6 is 35.3 Å². The van der Waals surface area contributed by atoms with Crippen molar-refractivity contribution >= 4 is 40.5 Å². The molecule has 98 valence electrons. The summed E-state index contributed by atoms with van der Waals surface area (Å²) in [6.45, 7) is 0. The number of rotatable bonds is 3. The molecule has 0 saturated carbocycles. The summed E-state index contributed by atoms with van der Waals surface area (Å²) < 4.78 is 0. The molecule has 0 atom stereocenters. The quantitative estimate of drug-likeness (QED) is 0.815. The second kappa shape index (κ2) is 6.33. The predicted molar refractivity (Wildman–Crippen MR) is 79.7 cm³/mol. The highest BCUT2D eigenvalue weighted by molar-refractivity contribution is 7.18. The van der Waals surface area contributed by atoms with Gasteiger partial charge in [-0.25, -0.2) is 5.01 Å². The minimum absolute atomic E-state index is 0. The summed E-state index contributed by atoms with van der Waals surface area (Å²) in [5.41, 5.74) is 0.921. The second-order valence-corrected chi connectivity index (χ2v) is 5.10. The first-order chi connectivity index (χ1) is 8.09. The highest BCUT2D eigenvalue weighted by Gasteiger charge is 2.13. The summed E-state index contributed by atoms with van der Waals surface area (Å²) in [5, 5.41) is 14.6. The fourth-order valence-electron chi connectivity index (χ4n) is 1.26. The number of aromatic nitrogens is 2. The number of anilines is 1. The molecule has 0 bridgehead atoms. The third-order valence-corrected chi connectivity index (χ3v) is 3.75. The lowest BCUT2D eigenvalue weighted by atomic mass is 10.2. The summed E-state index contributed by atoms with van der Waals surface area (Å²) >= 11 is 7.64. The standard InChI is InChI=1S/C11H13ClN4S.ClH/c1-15(2)16(3)11-14-13-10(17-11)8-6-4-5-7-9(8)12;/h4-7H,1-3H3;1H. The summed E-state index contributed by atoms with van der Waals surface area (Å²) in [5.74, 6) is 0. The normalized spacial score (nSPS) is 10.3. The van der Waals surface area contributed by atoms with Crippen LogP contribution in [0.15, 0.2) is 24.3 Å². The Hall–Kier alpha value is -0.880. The molecule has 0 amide bonds. The van der Waals surface area contributed by atoms with E-state index in [9.17, 15) is 0 Å². The molecule has 0 saturated heterocycles. The molecule has 4 nitrogen and oxygen atoms in total. The van der Waals surface area contributed by atoms with Crippen molar-refractivity contribution in [2.75, 3.05) is 26.2 Å². The Balaban J connectivity index is 0.00000162. The summed E-state index contributed by atoms with van der Waals surface area (Å²) in [6, 6.07) is 7.65. The summed E-state index contributed by atoms with van der Waals surface area (Å²) in [7, 11) is 5.85.